The van der Waals surface area contributed by atoms with E-state index in [0.29, 0.717) is 12.5 Å². The Morgan fingerprint density at radius 2 is 2.14 bits per heavy atom. The van der Waals surface area contributed by atoms with Gasteiger partial charge in [-0.15, -0.1) is 0 Å². The summed E-state index contributed by atoms with van der Waals surface area (Å²) >= 11 is 0. The Balaban J connectivity index is 2.15. The molecule has 3 aromatic rings. The quantitative estimate of drug-likeness (QED) is 0.770. The van der Waals surface area contributed by atoms with Gasteiger partial charge in [-0.2, -0.15) is 0 Å². The molecule has 3 rings (SSSR count). The number of aromatic amines is 1. The zero-order valence-corrected chi connectivity index (χ0v) is 12.2. The molecule has 0 aliphatic heterocycles. The zero-order chi connectivity index (χ0) is 14.8. The lowest BCUT2D eigenvalue weighted by Crippen LogP contribution is -1.96. The molecule has 2 N–H and O–H groups in total. The van der Waals surface area contributed by atoms with E-state index in [2.05, 4.69) is 16.0 Å². The highest BCUT2D eigenvalue weighted by molar-refractivity contribution is 5.89. The van der Waals surface area contributed by atoms with Gasteiger partial charge in [0.15, 0.2) is 0 Å². The van der Waals surface area contributed by atoms with Crippen molar-refractivity contribution in [3.05, 3.63) is 47.8 Å². The molecule has 2 aromatic heterocycles. The molecule has 0 saturated heterocycles. The highest BCUT2D eigenvalue weighted by Gasteiger charge is 2.11. The molecule has 21 heavy (non-hydrogen) atoms. The van der Waals surface area contributed by atoms with Gasteiger partial charge in [-0.25, -0.2) is 4.98 Å². The number of aliphatic hydroxyl groups is 1. The van der Waals surface area contributed by atoms with Crippen LogP contribution >= 0.6 is 0 Å². The van der Waals surface area contributed by atoms with Crippen molar-refractivity contribution in [2.75, 3.05) is 6.61 Å². The summed E-state index contributed by atoms with van der Waals surface area (Å²) in [5.41, 5.74) is 5.01. The molecule has 0 bridgehead atoms. The number of aromatic nitrogens is 2. The number of benzene rings is 1. The van der Waals surface area contributed by atoms with E-state index in [-0.39, 0.29) is 6.61 Å². The van der Waals surface area contributed by atoms with Gasteiger partial charge in [-0.1, -0.05) is 6.07 Å². The third-order valence-electron chi connectivity index (χ3n) is 3.68. The van der Waals surface area contributed by atoms with Crippen molar-refractivity contribution in [2.24, 2.45) is 0 Å². The van der Waals surface area contributed by atoms with Crippen LogP contribution in [0.2, 0.25) is 0 Å². The minimum absolute atomic E-state index is 0.0208. The molecule has 0 radical (unpaired) electrons. The standard InChI is InChI=1S/C17H18N2O2/c1-3-21-17-13(5-4-8-18-17)12-6-7-15-14(9-12)11(2)16(10-20)19-15/h4-9,19-20H,3,10H2,1-2H3. The summed E-state index contributed by atoms with van der Waals surface area (Å²) in [6, 6.07) is 10.1. The molecule has 0 spiro atoms. The lowest BCUT2D eigenvalue weighted by atomic mass is 10.0. The average Bonchev–Trinajstić information content (AvgIpc) is 2.84. The minimum Gasteiger partial charge on any atom is -0.478 e. The predicted octanol–water partition coefficient (Wildman–Crippen LogP) is 3.43. The van der Waals surface area contributed by atoms with Gasteiger partial charge in [0.25, 0.3) is 0 Å². The van der Waals surface area contributed by atoms with Crippen molar-refractivity contribution >= 4 is 10.9 Å². The minimum atomic E-state index is 0.0208. The molecule has 0 unspecified atom stereocenters. The van der Waals surface area contributed by atoms with Crippen LogP contribution in [0.5, 0.6) is 5.88 Å². The fourth-order valence-electron chi connectivity index (χ4n) is 2.57. The molecule has 2 heterocycles. The summed E-state index contributed by atoms with van der Waals surface area (Å²) in [5.74, 6) is 0.648. The zero-order valence-electron chi connectivity index (χ0n) is 12.2. The SMILES string of the molecule is CCOc1ncccc1-c1ccc2[nH]c(CO)c(C)c2c1. The van der Waals surface area contributed by atoms with Crippen LogP contribution in [0.1, 0.15) is 18.2 Å². The van der Waals surface area contributed by atoms with Crippen molar-refractivity contribution in [1.82, 2.24) is 9.97 Å². The molecule has 0 aliphatic rings. The van der Waals surface area contributed by atoms with Gasteiger partial charge in [0, 0.05) is 28.4 Å². The molecule has 4 nitrogen and oxygen atoms in total. The van der Waals surface area contributed by atoms with E-state index < -0.39 is 0 Å². The number of rotatable bonds is 4. The maximum atomic E-state index is 9.36. The first kappa shape index (κ1) is 13.6. The van der Waals surface area contributed by atoms with E-state index in [1.807, 2.05) is 38.1 Å². The topological polar surface area (TPSA) is 58.1 Å². The molecule has 0 fully saturated rings. The highest BCUT2D eigenvalue weighted by Crippen LogP contribution is 2.32. The molecule has 108 valence electrons. The Bertz CT molecular complexity index is 778. The molecule has 0 amide bonds. The molecule has 0 atom stereocenters. The third kappa shape index (κ3) is 2.38. The number of hydrogen-bond donors (Lipinski definition) is 2. The van der Waals surface area contributed by atoms with Crippen molar-refractivity contribution in [1.29, 1.82) is 0 Å². The molecular formula is C17H18N2O2. The number of nitrogens with one attached hydrogen (secondary N) is 1. The van der Waals surface area contributed by atoms with Gasteiger partial charge in [-0.05, 0) is 49.2 Å². The number of hydrogen-bond acceptors (Lipinski definition) is 3. The Morgan fingerprint density at radius 1 is 1.29 bits per heavy atom. The summed E-state index contributed by atoms with van der Waals surface area (Å²) < 4.78 is 5.60. The fourth-order valence-corrected chi connectivity index (χ4v) is 2.57. The molecular weight excluding hydrogens is 264 g/mol. The summed E-state index contributed by atoms with van der Waals surface area (Å²) in [6.07, 6.45) is 1.73. The Kier molecular flexibility index (Phi) is 3.62. The van der Waals surface area contributed by atoms with Gasteiger partial charge < -0.3 is 14.8 Å². The maximum Gasteiger partial charge on any atom is 0.221 e. The summed E-state index contributed by atoms with van der Waals surface area (Å²) in [6.45, 7) is 4.57. The smallest absolute Gasteiger partial charge is 0.221 e. The van der Waals surface area contributed by atoms with Gasteiger partial charge >= 0.3 is 0 Å². The predicted molar refractivity (Wildman–Crippen MR) is 83.4 cm³/mol. The highest BCUT2D eigenvalue weighted by atomic mass is 16.5. The Labute approximate surface area is 123 Å². The van der Waals surface area contributed by atoms with Crippen LogP contribution in [0.15, 0.2) is 36.5 Å². The number of H-pyrrole nitrogens is 1. The lowest BCUT2D eigenvalue weighted by molar-refractivity contribution is 0.277. The summed E-state index contributed by atoms with van der Waals surface area (Å²) in [5, 5.41) is 10.5. The average molecular weight is 282 g/mol. The van der Waals surface area contributed by atoms with Gasteiger partial charge in [0.05, 0.1) is 13.2 Å². The molecule has 0 aliphatic carbocycles. The Hall–Kier alpha value is -2.33. The Morgan fingerprint density at radius 3 is 2.90 bits per heavy atom. The number of ether oxygens (including phenoxy) is 1. The third-order valence-corrected chi connectivity index (χ3v) is 3.68. The van der Waals surface area contributed by atoms with Crippen molar-refractivity contribution < 1.29 is 9.84 Å². The van der Waals surface area contributed by atoms with Crippen LogP contribution in [0, 0.1) is 6.92 Å². The normalized spacial score (nSPS) is 11.0. The summed E-state index contributed by atoms with van der Waals surface area (Å²) in [7, 11) is 0. The second-order valence-corrected chi connectivity index (χ2v) is 4.94. The van der Waals surface area contributed by atoms with Crippen LogP contribution in [-0.4, -0.2) is 21.7 Å². The van der Waals surface area contributed by atoms with E-state index in [9.17, 15) is 5.11 Å². The second kappa shape index (κ2) is 5.58. The van der Waals surface area contributed by atoms with Crippen molar-refractivity contribution in [3.63, 3.8) is 0 Å². The molecule has 0 saturated carbocycles. The van der Waals surface area contributed by atoms with Crippen LogP contribution in [0.3, 0.4) is 0 Å². The first-order valence-corrected chi connectivity index (χ1v) is 7.04. The van der Waals surface area contributed by atoms with E-state index in [4.69, 9.17) is 4.74 Å². The van der Waals surface area contributed by atoms with Crippen molar-refractivity contribution in [2.45, 2.75) is 20.5 Å². The lowest BCUT2D eigenvalue weighted by Gasteiger charge is -2.09. The number of pyridine rings is 1. The van der Waals surface area contributed by atoms with Crippen molar-refractivity contribution in [3.8, 4) is 17.0 Å². The van der Waals surface area contributed by atoms with Crippen LogP contribution < -0.4 is 4.74 Å². The van der Waals surface area contributed by atoms with Gasteiger partial charge in [0.1, 0.15) is 0 Å². The second-order valence-electron chi connectivity index (χ2n) is 4.94. The van der Waals surface area contributed by atoms with E-state index >= 15 is 0 Å². The van der Waals surface area contributed by atoms with E-state index in [0.717, 1.165) is 33.3 Å². The number of aliphatic hydroxyl groups excluding tert-OH is 1. The fraction of sp³-hybridized carbons (Fsp3) is 0.235. The molecule has 4 heteroatoms. The number of fused-ring (bicyclic) bond motifs is 1. The maximum absolute atomic E-state index is 9.36. The molecule has 1 aromatic carbocycles. The summed E-state index contributed by atoms with van der Waals surface area (Å²) in [4.78, 5) is 7.53. The van der Waals surface area contributed by atoms with Crippen LogP contribution in [0.25, 0.3) is 22.0 Å². The monoisotopic (exact) mass is 282 g/mol. The van der Waals surface area contributed by atoms with E-state index in [1.165, 1.54) is 0 Å². The van der Waals surface area contributed by atoms with Crippen LogP contribution in [0.4, 0.5) is 0 Å². The number of aryl methyl sites for hydroxylation is 1. The first-order chi connectivity index (χ1) is 10.2. The largest absolute Gasteiger partial charge is 0.478 e. The number of nitrogens with zero attached hydrogens (tertiary/aromatic N) is 1. The van der Waals surface area contributed by atoms with Crippen LogP contribution in [-0.2, 0) is 6.61 Å². The van der Waals surface area contributed by atoms with Gasteiger partial charge in [-0.3, -0.25) is 0 Å². The first-order valence-electron chi connectivity index (χ1n) is 7.04. The van der Waals surface area contributed by atoms with Gasteiger partial charge in [0.2, 0.25) is 5.88 Å². The van der Waals surface area contributed by atoms with E-state index in [1.54, 1.807) is 6.20 Å².